The van der Waals surface area contributed by atoms with Gasteiger partial charge in [-0.25, -0.2) is 0 Å². The van der Waals surface area contributed by atoms with Gasteiger partial charge in [0.05, 0.1) is 0 Å². The Hall–Kier alpha value is -1.59. The van der Waals surface area contributed by atoms with Crippen molar-refractivity contribution in [1.82, 2.24) is 0 Å². The summed E-state index contributed by atoms with van der Waals surface area (Å²) in [6.07, 6.45) is 51.1. The first-order valence-electron chi connectivity index (χ1n) is 26.9. The van der Waals surface area contributed by atoms with Crippen molar-refractivity contribution in [3.63, 3.8) is 0 Å². The zero-order chi connectivity index (χ0) is 43.8. The van der Waals surface area contributed by atoms with Crippen molar-refractivity contribution in [2.45, 2.75) is 310 Å². The second-order valence-corrected chi connectivity index (χ2v) is 19.0. The molecule has 0 amide bonds. The quantitative estimate of drug-likeness (QED) is 0.0345. The first-order chi connectivity index (χ1) is 29.4. The predicted octanol–water partition coefficient (Wildman–Crippen LogP) is 17.5. The molecule has 6 heteroatoms. The minimum Gasteiger partial charge on any atom is -0.462 e. The third kappa shape index (κ3) is 47.5. The molecule has 0 rings (SSSR count). The molecule has 0 bridgehead atoms. The average Bonchev–Trinajstić information content (AvgIpc) is 3.23. The highest BCUT2D eigenvalue weighted by Gasteiger charge is 2.19. The Labute approximate surface area is 374 Å². The van der Waals surface area contributed by atoms with Gasteiger partial charge >= 0.3 is 17.9 Å². The van der Waals surface area contributed by atoms with Gasteiger partial charge in [-0.2, -0.15) is 0 Å². The van der Waals surface area contributed by atoms with Crippen molar-refractivity contribution < 1.29 is 28.6 Å². The van der Waals surface area contributed by atoms with Crippen LogP contribution in [0.4, 0.5) is 0 Å². The normalized spacial score (nSPS) is 11.9. The molecular formula is C54H104O6. The Morgan fingerprint density at radius 3 is 0.817 bits per heavy atom. The zero-order valence-electron chi connectivity index (χ0n) is 40.9. The Morgan fingerprint density at radius 2 is 0.550 bits per heavy atom. The summed E-state index contributed by atoms with van der Waals surface area (Å²) >= 11 is 0. The van der Waals surface area contributed by atoms with E-state index in [-0.39, 0.29) is 31.1 Å². The first kappa shape index (κ1) is 58.4. The highest BCUT2D eigenvalue weighted by molar-refractivity contribution is 5.71. The summed E-state index contributed by atoms with van der Waals surface area (Å²) in [5.41, 5.74) is 0. The van der Waals surface area contributed by atoms with Crippen molar-refractivity contribution >= 4 is 17.9 Å². The van der Waals surface area contributed by atoms with E-state index in [1.54, 1.807) is 0 Å². The van der Waals surface area contributed by atoms with Gasteiger partial charge in [0.2, 0.25) is 0 Å². The van der Waals surface area contributed by atoms with Crippen LogP contribution in [0.3, 0.4) is 0 Å². The number of unbranched alkanes of at least 4 members (excludes halogenated alkanes) is 36. The maximum Gasteiger partial charge on any atom is 0.306 e. The number of carbonyl (C=O) groups is 3. The lowest BCUT2D eigenvalue weighted by Crippen LogP contribution is -2.30. The van der Waals surface area contributed by atoms with Crippen LogP contribution in [0.2, 0.25) is 0 Å². The Kier molecular flexibility index (Phi) is 47.2. The third-order valence-electron chi connectivity index (χ3n) is 12.3. The van der Waals surface area contributed by atoms with Gasteiger partial charge in [-0.15, -0.1) is 0 Å². The monoisotopic (exact) mass is 849 g/mol. The zero-order valence-corrected chi connectivity index (χ0v) is 40.9. The number of carbonyl (C=O) groups excluding carboxylic acids is 3. The van der Waals surface area contributed by atoms with Gasteiger partial charge in [-0.3, -0.25) is 14.4 Å². The summed E-state index contributed by atoms with van der Waals surface area (Å²) in [6, 6.07) is 0. The molecule has 6 nitrogen and oxygen atoms in total. The number of rotatable bonds is 49. The lowest BCUT2D eigenvalue weighted by atomic mass is 10.0. The number of esters is 3. The van der Waals surface area contributed by atoms with E-state index in [1.165, 1.54) is 199 Å². The number of ether oxygens (including phenoxy) is 3. The van der Waals surface area contributed by atoms with Crippen molar-refractivity contribution in [2.24, 2.45) is 5.92 Å². The smallest absolute Gasteiger partial charge is 0.306 e. The van der Waals surface area contributed by atoms with Crippen molar-refractivity contribution in [3.8, 4) is 0 Å². The summed E-state index contributed by atoms with van der Waals surface area (Å²) in [4.78, 5) is 37.8. The topological polar surface area (TPSA) is 78.9 Å². The van der Waals surface area contributed by atoms with Gasteiger partial charge in [0.1, 0.15) is 13.2 Å². The van der Waals surface area contributed by atoms with Crippen molar-refractivity contribution in [3.05, 3.63) is 0 Å². The largest absolute Gasteiger partial charge is 0.462 e. The third-order valence-corrected chi connectivity index (χ3v) is 12.3. The molecule has 0 saturated carbocycles. The van der Waals surface area contributed by atoms with Crippen LogP contribution >= 0.6 is 0 Å². The summed E-state index contributed by atoms with van der Waals surface area (Å²) in [7, 11) is 0. The lowest BCUT2D eigenvalue weighted by Gasteiger charge is -2.18. The van der Waals surface area contributed by atoms with Crippen molar-refractivity contribution in [2.75, 3.05) is 13.2 Å². The van der Waals surface area contributed by atoms with Gasteiger partial charge < -0.3 is 14.2 Å². The van der Waals surface area contributed by atoms with E-state index in [4.69, 9.17) is 14.2 Å². The molecule has 0 fully saturated rings. The van der Waals surface area contributed by atoms with Gasteiger partial charge in [0.25, 0.3) is 0 Å². The van der Waals surface area contributed by atoms with Gasteiger partial charge in [-0.1, -0.05) is 265 Å². The van der Waals surface area contributed by atoms with Crippen LogP contribution in [0.25, 0.3) is 0 Å². The second kappa shape index (κ2) is 48.4. The fourth-order valence-corrected chi connectivity index (χ4v) is 8.22. The average molecular weight is 849 g/mol. The highest BCUT2D eigenvalue weighted by atomic mass is 16.6. The summed E-state index contributed by atoms with van der Waals surface area (Å²) in [5.74, 6) is -0.0110. The molecule has 1 atom stereocenters. The van der Waals surface area contributed by atoms with Crippen LogP contribution in [0.5, 0.6) is 0 Å². The van der Waals surface area contributed by atoms with E-state index in [0.717, 1.165) is 63.7 Å². The molecule has 0 radical (unpaired) electrons. The Bertz CT molecular complexity index is 903. The van der Waals surface area contributed by atoms with Crippen LogP contribution in [0.1, 0.15) is 304 Å². The summed E-state index contributed by atoms with van der Waals surface area (Å²) in [6.45, 7) is 9.00. The van der Waals surface area contributed by atoms with E-state index >= 15 is 0 Å². The van der Waals surface area contributed by atoms with E-state index in [0.29, 0.717) is 19.3 Å². The minimum absolute atomic E-state index is 0.0630. The van der Waals surface area contributed by atoms with Crippen LogP contribution in [0.15, 0.2) is 0 Å². The molecule has 60 heavy (non-hydrogen) atoms. The van der Waals surface area contributed by atoms with E-state index in [1.807, 2.05) is 0 Å². The standard InChI is InChI=1S/C54H104O6/c1-5-7-9-11-13-14-15-16-17-18-19-20-21-24-27-30-34-38-42-46-53(56)59-49-51(48-58-52(55)45-41-37-32-12-10-8-6-2)60-54(57)47-43-39-35-31-28-25-22-23-26-29-33-36-40-44-50(3)4/h50-51H,5-49H2,1-4H3/t51-/m0/s1. The molecule has 0 aliphatic rings. The molecule has 0 spiro atoms. The van der Waals surface area contributed by atoms with Crippen LogP contribution in [-0.4, -0.2) is 37.2 Å². The van der Waals surface area contributed by atoms with Crippen LogP contribution in [-0.2, 0) is 28.6 Å². The molecule has 0 aliphatic heterocycles. The first-order valence-corrected chi connectivity index (χ1v) is 26.9. The Balaban J connectivity index is 4.16. The fourth-order valence-electron chi connectivity index (χ4n) is 8.22. The molecule has 0 unspecified atom stereocenters. The lowest BCUT2D eigenvalue weighted by molar-refractivity contribution is -0.167. The highest BCUT2D eigenvalue weighted by Crippen LogP contribution is 2.17. The predicted molar refractivity (Wildman–Crippen MR) is 257 cm³/mol. The number of hydrogen-bond donors (Lipinski definition) is 0. The Morgan fingerprint density at radius 1 is 0.317 bits per heavy atom. The van der Waals surface area contributed by atoms with Gasteiger partial charge in [0.15, 0.2) is 6.10 Å². The van der Waals surface area contributed by atoms with Crippen molar-refractivity contribution in [1.29, 1.82) is 0 Å². The second-order valence-electron chi connectivity index (χ2n) is 19.0. The molecule has 0 heterocycles. The molecule has 0 N–H and O–H groups in total. The molecule has 0 aliphatic carbocycles. The molecule has 0 aromatic heterocycles. The number of hydrogen-bond acceptors (Lipinski definition) is 6. The molecule has 0 saturated heterocycles. The molecule has 356 valence electrons. The van der Waals surface area contributed by atoms with E-state index in [9.17, 15) is 14.4 Å². The molecule has 0 aromatic rings. The van der Waals surface area contributed by atoms with Crippen LogP contribution in [0, 0.1) is 5.92 Å². The van der Waals surface area contributed by atoms with Gasteiger partial charge in [-0.05, 0) is 25.2 Å². The van der Waals surface area contributed by atoms with Crippen LogP contribution < -0.4 is 0 Å². The van der Waals surface area contributed by atoms with E-state index in [2.05, 4.69) is 27.7 Å². The maximum atomic E-state index is 12.8. The SMILES string of the molecule is CCCCCCCCCCCCCCCCCCCCCC(=O)OC[C@H](COC(=O)CCCCCCCCC)OC(=O)CCCCCCCCCCCCCCCC(C)C. The maximum absolute atomic E-state index is 12.8. The molecular weight excluding hydrogens is 745 g/mol. The van der Waals surface area contributed by atoms with Gasteiger partial charge in [0, 0.05) is 19.3 Å². The minimum atomic E-state index is -0.760. The summed E-state index contributed by atoms with van der Waals surface area (Å²) < 4.78 is 16.8. The summed E-state index contributed by atoms with van der Waals surface area (Å²) in [5, 5.41) is 0. The fraction of sp³-hybridized carbons (Fsp3) is 0.944. The van der Waals surface area contributed by atoms with E-state index < -0.39 is 6.10 Å². The molecule has 0 aromatic carbocycles.